The van der Waals surface area contributed by atoms with Crippen LogP contribution in [0.5, 0.6) is 0 Å². The largest absolute Gasteiger partial charge is 0.382 e. The van der Waals surface area contributed by atoms with Gasteiger partial charge in [-0.05, 0) is 31.9 Å². The highest BCUT2D eigenvalue weighted by atomic mass is 16.5. The van der Waals surface area contributed by atoms with Crippen LogP contribution in [0.3, 0.4) is 0 Å². The highest BCUT2D eigenvalue weighted by Crippen LogP contribution is 2.08. The first-order valence-corrected chi connectivity index (χ1v) is 9.28. The molecule has 0 fully saturated rings. The van der Waals surface area contributed by atoms with Crippen LogP contribution in [-0.4, -0.2) is 60.5 Å². The first kappa shape index (κ1) is 20.9. The Labute approximate surface area is 161 Å². The molecule has 0 saturated carbocycles. The van der Waals surface area contributed by atoms with E-state index in [1.807, 2.05) is 36.0 Å². The SMILES string of the molecule is CCNC(=NCc1ccc(-n2ccnc2C)nc1)NCCCOCCOC. The number of ether oxygens (including phenoxy) is 2. The van der Waals surface area contributed by atoms with Crippen molar-refractivity contribution in [2.24, 2.45) is 4.99 Å². The summed E-state index contributed by atoms with van der Waals surface area (Å²) >= 11 is 0. The molecule has 0 aliphatic rings. The van der Waals surface area contributed by atoms with Gasteiger partial charge in [0.05, 0.1) is 19.8 Å². The number of nitrogens with one attached hydrogen (secondary N) is 2. The van der Waals surface area contributed by atoms with Gasteiger partial charge in [-0.2, -0.15) is 0 Å². The van der Waals surface area contributed by atoms with E-state index in [0.717, 1.165) is 42.7 Å². The minimum atomic E-state index is 0.565. The monoisotopic (exact) mass is 374 g/mol. The summed E-state index contributed by atoms with van der Waals surface area (Å²) < 4.78 is 12.4. The van der Waals surface area contributed by atoms with Gasteiger partial charge >= 0.3 is 0 Å². The first-order valence-electron chi connectivity index (χ1n) is 9.28. The molecule has 2 aromatic rings. The Balaban J connectivity index is 1.80. The molecule has 148 valence electrons. The summed E-state index contributed by atoms with van der Waals surface area (Å²) in [6.45, 7) is 8.15. The summed E-state index contributed by atoms with van der Waals surface area (Å²) in [6.07, 6.45) is 6.44. The number of hydrogen-bond acceptors (Lipinski definition) is 5. The van der Waals surface area contributed by atoms with E-state index >= 15 is 0 Å². The molecule has 27 heavy (non-hydrogen) atoms. The van der Waals surface area contributed by atoms with E-state index in [2.05, 4.69) is 32.5 Å². The quantitative estimate of drug-likeness (QED) is 0.354. The average molecular weight is 374 g/mol. The lowest BCUT2D eigenvalue weighted by atomic mass is 10.3. The number of hydrogen-bond donors (Lipinski definition) is 2. The van der Waals surface area contributed by atoms with Crippen molar-refractivity contribution in [3.05, 3.63) is 42.1 Å². The smallest absolute Gasteiger partial charge is 0.191 e. The summed E-state index contributed by atoms with van der Waals surface area (Å²) in [5.41, 5.74) is 1.05. The Morgan fingerprint density at radius 3 is 2.74 bits per heavy atom. The minimum absolute atomic E-state index is 0.565. The molecular weight excluding hydrogens is 344 g/mol. The average Bonchev–Trinajstić information content (AvgIpc) is 3.11. The third-order valence-corrected chi connectivity index (χ3v) is 3.84. The van der Waals surface area contributed by atoms with Crippen LogP contribution < -0.4 is 10.6 Å². The maximum absolute atomic E-state index is 5.46. The van der Waals surface area contributed by atoms with Gasteiger partial charge in [-0.3, -0.25) is 4.57 Å². The Morgan fingerprint density at radius 2 is 2.07 bits per heavy atom. The van der Waals surface area contributed by atoms with E-state index in [1.54, 1.807) is 13.3 Å². The second-order valence-corrected chi connectivity index (χ2v) is 5.95. The summed E-state index contributed by atoms with van der Waals surface area (Å²) in [6, 6.07) is 4.02. The van der Waals surface area contributed by atoms with Gasteiger partial charge in [0, 0.05) is 45.4 Å². The summed E-state index contributed by atoms with van der Waals surface area (Å²) in [7, 11) is 1.67. The summed E-state index contributed by atoms with van der Waals surface area (Å²) in [5.74, 6) is 2.57. The van der Waals surface area contributed by atoms with Gasteiger partial charge in [0.25, 0.3) is 0 Å². The maximum atomic E-state index is 5.46. The van der Waals surface area contributed by atoms with Crippen LogP contribution in [0.25, 0.3) is 5.82 Å². The number of pyridine rings is 1. The molecule has 0 aromatic carbocycles. The van der Waals surface area contributed by atoms with Crippen LogP contribution in [0.4, 0.5) is 0 Å². The molecule has 0 amide bonds. The molecule has 0 atom stereocenters. The molecule has 2 aromatic heterocycles. The number of imidazole rings is 1. The van der Waals surface area contributed by atoms with Crippen molar-refractivity contribution >= 4 is 5.96 Å². The zero-order valence-electron chi connectivity index (χ0n) is 16.4. The van der Waals surface area contributed by atoms with Crippen LogP contribution in [0.15, 0.2) is 35.7 Å². The van der Waals surface area contributed by atoms with Crippen molar-refractivity contribution < 1.29 is 9.47 Å². The number of guanidine groups is 1. The lowest BCUT2D eigenvalue weighted by Gasteiger charge is -2.11. The first-order chi connectivity index (χ1) is 13.2. The highest BCUT2D eigenvalue weighted by molar-refractivity contribution is 5.79. The van der Waals surface area contributed by atoms with Crippen molar-refractivity contribution in [1.29, 1.82) is 0 Å². The van der Waals surface area contributed by atoms with Crippen LogP contribution in [0.2, 0.25) is 0 Å². The van der Waals surface area contributed by atoms with E-state index in [4.69, 9.17) is 9.47 Å². The fourth-order valence-electron chi connectivity index (χ4n) is 2.41. The lowest BCUT2D eigenvalue weighted by molar-refractivity contribution is 0.0698. The second kappa shape index (κ2) is 12.0. The number of aromatic nitrogens is 3. The standard InChI is InChI=1S/C19H30N6O2/c1-4-20-19(22-8-5-11-27-13-12-26-3)24-15-17-6-7-18(23-14-17)25-10-9-21-16(25)2/h6-7,9-10,14H,4-5,8,11-13,15H2,1-3H3,(H2,20,22,24). The van der Waals surface area contributed by atoms with E-state index in [-0.39, 0.29) is 0 Å². The molecule has 2 N–H and O–H groups in total. The van der Waals surface area contributed by atoms with Crippen molar-refractivity contribution in [1.82, 2.24) is 25.2 Å². The number of aliphatic imine (C=N–C) groups is 1. The summed E-state index contributed by atoms with van der Waals surface area (Å²) in [5, 5.41) is 6.57. The highest BCUT2D eigenvalue weighted by Gasteiger charge is 2.02. The number of nitrogens with zero attached hydrogens (tertiary/aromatic N) is 4. The fraction of sp³-hybridized carbons (Fsp3) is 0.526. The van der Waals surface area contributed by atoms with E-state index in [1.165, 1.54) is 0 Å². The molecule has 0 saturated heterocycles. The van der Waals surface area contributed by atoms with Crippen molar-refractivity contribution in [2.75, 3.05) is 40.0 Å². The molecule has 0 aliphatic heterocycles. The summed E-state index contributed by atoms with van der Waals surface area (Å²) in [4.78, 5) is 13.3. The van der Waals surface area contributed by atoms with Gasteiger partial charge in [-0.1, -0.05) is 6.07 Å². The Hall–Kier alpha value is -2.45. The van der Waals surface area contributed by atoms with Gasteiger partial charge in [0.15, 0.2) is 5.96 Å². The molecule has 0 bridgehead atoms. The lowest BCUT2D eigenvalue weighted by Crippen LogP contribution is -2.38. The Morgan fingerprint density at radius 1 is 1.19 bits per heavy atom. The fourth-order valence-corrected chi connectivity index (χ4v) is 2.41. The molecule has 2 rings (SSSR count). The van der Waals surface area contributed by atoms with E-state index < -0.39 is 0 Å². The van der Waals surface area contributed by atoms with Gasteiger partial charge in [-0.15, -0.1) is 0 Å². The minimum Gasteiger partial charge on any atom is -0.382 e. The topological polar surface area (TPSA) is 85.6 Å². The molecule has 0 radical (unpaired) electrons. The molecule has 8 nitrogen and oxygen atoms in total. The van der Waals surface area contributed by atoms with Gasteiger partial charge in [-0.25, -0.2) is 15.0 Å². The van der Waals surface area contributed by atoms with Crippen molar-refractivity contribution in [3.63, 3.8) is 0 Å². The molecule has 0 spiro atoms. The van der Waals surface area contributed by atoms with Gasteiger partial charge < -0.3 is 20.1 Å². The number of aryl methyl sites for hydroxylation is 1. The predicted octanol–water partition coefficient (Wildman–Crippen LogP) is 1.68. The van der Waals surface area contributed by atoms with Crippen LogP contribution >= 0.6 is 0 Å². The molecule has 8 heteroatoms. The number of methoxy groups -OCH3 is 1. The van der Waals surface area contributed by atoms with Gasteiger partial charge in [0.1, 0.15) is 11.6 Å². The third kappa shape index (κ3) is 7.36. The molecule has 0 aliphatic carbocycles. The van der Waals surface area contributed by atoms with Crippen LogP contribution in [0, 0.1) is 6.92 Å². The van der Waals surface area contributed by atoms with E-state index in [0.29, 0.717) is 26.4 Å². The molecule has 0 unspecified atom stereocenters. The van der Waals surface area contributed by atoms with Crippen molar-refractivity contribution in [3.8, 4) is 5.82 Å². The zero-order valence-corrected chi connectivity index (χ0v) is 16.4. The van der Waals surface area contributed by atoms with Gasteiger partial charge in [0.2, 0.25) is 0 Å². The Bertz CT molecular complexity index is 684. The van der Waals surface area contributed by atoms with Crippen molar-refractivity contribution in [2.45, 2.75) is 26.8 Å². The second-order valence-electron chi connectivity index (χ2n) is 5.95. The maximum Gasteiger partial charge on any atom is 0.191 e. The van der Waals surface area contributed by atoms with Crippen LogP contribution in [0.1, 0.15) is 24.7 Å². The zero-order chi connectivity index (χ0) is 19.3. The van der Waals surface area contributed by atoms with E-state index in [9.17, 15) is 0 Å². The predicted molar refractivity (Wildman–Crippen MR) is 106 cm³/mol. The number of rotatable bonds is 11. The molecular formula is C19H30N6O2. The van der Waals surface area contributed by atoms with Crippen LogP contribution in [-0.2, 0) is 16.0 Å². The normalized spacial score (nSPS) is 11.6. The molecule has 2 heterocycles. The third-order valence-electron chi connectivity index (χ3n) is 3.84. The Kier molecular flexibility index (Phi) is 9.29.